The maximum absolute atomic E-state index is 12.1. The van der Waals surface area contributed by atoms with Crippen LogP contribution in [0, 0.1) is 0 Å². The van der Waals surface area contributed by atoms with Crippen molar-refractivity contribution in [3.63, 3.8) is 0 Å². The van der Waals surface area contributed by atoms with Gasteiger partial charge in [-0.2, -0.15) is 0 Å². The quantitative estimate of drug-likeness (QED) is 0.375. The summed E-state index contributed by atoms with van der Waals surface area (Å²) in [5, 5.41) is 12.0. The molecule has 1 aromatic carbocycles. The van der Waals surface area contributed by atoms with E-state index in [1.807, 2.05) is 6.07 Å². The third-order valence-electron chi connectivity index (χ3n) is 2.38. The molecule has 86 valence electrons. The van der Waals surface area contributed by atoms with Gasteiger partial charge in [0, 0.05) is 25.0 Å². The zero-order valence-electron chi connectivity index (χ0n) is 9.24. The molecule has 0 aliphatic heterocycles. The van der Waals surface area contributed by atoms with Crippen molar-refractivity contribution in [2.75, 3.05) is 0 Å². The van der Waals surface area contributed by atoms with E-state index >= 15 is 0 Å². The van der Waals surface area contributed by atoms with Crippen LogP contribution >= 0.6 is 0 Å². The second-order valence-electron chi connectivity index (χ2n) is 3.51. The van der Waals surface area contributed by atoms with E-state index in [9.17, 15) is 4.79 Å². The van der Waals surface area contributed by atoms with Crippen LogP contribution in [-0.4, -0.2) is 26.3 Å². The average molecular weight is 229 g/mol. The molecule has 2 rings (SSSR count). The first-order chi connectivity index (χ1) is 8.24. The van der Waals surface area contributed by atoms with Crippen LogP contribution in [0.4, 0.5) is 0 Å². The van der Waals surface area contributed by atoms with E-state index in [1.165, 1.54) is 0 Å². The summed E-state index contributed by atoms with van der Waals surface area (Å²) in [6, 6.07) is 8.64. The van der Waals surface area contributed by atoms with Crippen molar-refractivity contribution in [3.8, 4) is 0 Å². The number of rotatable bonds is 3. The number of hydrogen-bond acceptors (Lipinski definition) is 4. The fraction of sp³-hybridized carbons (Fsp3) is 0.0833. The Kier molecular flexibility index (Phi) is 3.00. The van der Waals surface area contributed by atoms with E-state index in [1.54, 1.807) is 48.3 Å². The topological polar surface area (TPSA) is 67.5 Å². The lowest BCUT2D eigenvalue weighted by Crippen LogP contribution is -2.19. The molecule has 0 aliphatic rings. The van der Waals surface area contributed by atoms with Crippen molar-refractivity contribution in [2.45, 2.75) is 0 Å². The van der Waals surface area contributed by atoms with Gasteiger partial charge in [-0.3, -0.25) is 4.79 Å². The Morgan fingerprint density at radius 2 is 2.06 bits per heavy atom. The Labute approximate surface area is 98.0 Å². The number of hydrogen-bond donors (Lipinski definition) is 1. The summed E-state index contributed by atoms with van der Waals surface area (Å²) in [7, 11) is 1.73. The molecular weight excluding hydrogens is 218 g/mol. The molecule has 1 heterocycles. The number of oxime groups is 1. The van der Waals surface area contributed by atoms with Gasteiger partial charge >= 0.3 is 0 Å². The minimum absolute atomic E-state index is 0.0660. The van der Waals surface area contributed by atoms with E-state index in [-0.39, 0.29) is 11.5 Å². The molecule has 0 saturated heterocycles. The summed E-state index contributed by atoms with van der Waals surface area (Å²) in [5.74, 6) is -0.0243. The first-order valence-electron chi connectivity index (χ1n) is 5.03. The average Bonchev–Trinajstić information content (AvgIpc) is 2.78. The molecule has 17 heavy (non-hydrogen) atoms. The van der Waals surface area contributed by atoms with Crippen LogP contribution in [0.15, 0.2) is 47.9 Å². The third-order valence-corrected chi connectivity index (χ3v) is 2.38. The van der Waals surface area contributed by atoms with Crippen LogP contribution in [0.1, 0.15) is 16.2 Å². The van der Waals surface area contributed by atoms with Gasteiger partial charge in [0.25, 0.3) is 0 Å². The fourth-order valence-corrected chi connectivity index (χ4v) is 1.51. The maximum atomic E-state index is 12.1. The van der Waals surface area contributed by atoms with E-state index in [0.717, 1.165) is 0 Å². The van der Waals surface area contributed by atoms with E-state index in [0.29, 0.717) is 11.4 Å². The van der Waals surface area contributed by atoms with Crippen molar-refractivity contribution in [1.29, 1.82) is 0 Å². The normalized spacial score (nSPS) is 11.5. The second kappa shape index (κ2) is 4.61. The van der Waals surface area contributed by atoms with Gasteiger partial charge in [-0.15, -0.1) is 0 Å². The molecule has 2 aromatic rings. The number of Topliss-reactive ketones (excluding diaryl/α,β-unsaturated/α-hetero) is 1. The number of aryl methyl sites for hydroxylation is 1. The summed E-state index contributed by atoms with van der Waals surface area (Å²) in [4.78, 5) is 16.1. The lowest BCUT2D eigenvalue weighted by Gasteiger charge is -2.03. The van der Waals surface area contributed by atoms with Crippen molar-refractivity contribution in [1.82, 2.24) is 9.55 Å². The largest absolute Gasteiger partial charge is 0.410 e. The number of ketones is 1. The molecule has 0 amide bonds. The molecule has 1 aromatic heterocycles. The highest BCUT2D eigenvalue weighted by Gasteiger charge is 2.20. The van der Waals surface area contributed by atoms with E-state index < -0.39 is 0 Å². The number of carbonyl (C=O) groups is 1. The number of aromatic nitrogens is 2. The molecule has 0 fully saturated rings. The SMILES string of the molecule is Cn1ccnc1/C(=N\O)C(=O)c1ccccc1. The highest BCUT2D eigenvalue weighted by Crippen LogP contribution is 2.06. The van der Waals surface area contributed by atoms with Gasteiger partial charge < -0.3 is 9.77 Å². The van der Waals surface area contributed by atoms with Gasteiger partial charge in [-0.05, 0) is 0 Å². The smallest absolute Gasteiger partial charge is 0.218 e. The number of benzene rings is 1. The standard InChI is InChI=1S/C12H11N3O2/c1-15-8-7-13-12(15)10(14-17)11(16)9-5-3-2-4-6-9/h2-8,17H,1H3/b14-10-. The Morgan fingerprint density at radius 1 is 1.35 bits per heavy atom. The number of imidazole rings is 1. The summed E-state index contributed by atoms with van der Waals surface area (Å²) in [6.45, 7) is 0. The molecule has 0 saturated carbocycles. The van der Waals surface area contributed by atoms with Crippen molar-refractivity contribution in [3.05, 3.63) is 54.1 Å². The lowest BCUT2D eigenvalue weighted by atomic mass is 10.1. The van der Waals surface area contributed by atoms with Gasteiger partial charge in [0.15, 0.2) is 11.5 Å². The molecule has 0 radical (unpaired) electrons. The van der Waals surface area contributed by atoms with Crippen molar-refractivity contribution in [2.24, 2.45) is 12.2 Å². The first-order valence-corrected chi connectivity index (χ1v) is 5.03. The maximum Gasteiger partial charge on any atom is 0.218 e. The summed E-state index contributed by atoms with van der Waals surface area (Å²) in [6.07, 6.45) is 3.22. The molecule has 0 aliphatic carbocycles. The van der Waals surface area contributed by atoms with Crippen molar-refractivity contribution >= 4 is 11.5 Å². The zero-order chi connectivity index (χ0) is 12.3. The number of nitrogens with zero attached hydrogens (tertiary/aromatic N) is 3. The fourth-order valence-electron chi connectivity index (χ4n) is 1.51. The predicted octanol–water partition coefficient (Wildman–Crippen LogP) is 1.48. The summed E-state index contributed by atoms with van der Waals surface area (Å²) < 4.78 is 1.62. The van der Waals surface area contributed by atoms with Crippen LogP contribution in [0.2, 0.25) is 0 Å². The highest BCUT2D eigenvalue weighted by molar-refractivity contribution is 6.50. The van der Waals surface area contributed by atoms with Crippen LogP contribution < -0.4 is 0 Å². The van der Waals surface area contributed by atoms with Crippen LogP contribution in [0.5, 0.6) is 0 Å². The van der Waals surface area contributed by atoms with Crippen LogP contribution in [0.3, 0.4) is 0 Å². The van der Waals surface area contributed by atoms with E-state index in [2.05, 4.69) is 10.1 Å². The molecule has 0 unspecified atom stereocenters. The molecule has 0 atom stereocenters. The van der Waals surface area contributed by atoms with Crippen LogP contribution in [-0.2, 0) is 7.05 Å². The van der Waals surface area contributed by atoms with E-state index in [4.69, 9.17) is 5.21 Å². The molecule has 1 N–H and O–H groups in total. The molecule has 5 nitrogen and oxygen atoms in total. The summed E-state index contributed by atoms with van der Waals surface area (Å²) >= 11 is 0. The predicted molar refractivity (Wildman–Crippen MR) is 62.3 cm³/mol. The van der Waals surface area contributed by atoms with Crippen LogP contribution in [0.25, 0.3) is 0 Å². The summed E-state index contributed by atoms with van der Waals surface area (Å²) in [5.41, 5.74) is 0.395. The third kappa shape index (κ3) is 2.08. The zero-order valence-corrected chi connectivity index (χ0v) is 9.24. The monoisotopic (exact) mass is 229 g/mol. The first kappa shape index (κ1) is 11.1. The lowest BCUT2D eigenvalue weighted by molar-refractivity contribution is 0.106. The van der Waals surface area contributed by atoms with Crippen molar-refractivity contribution < 1.29 is 10.0 Å². The van der Waals surface area contributed by atoms with Gasteiger partial charge in [0.05, 0.1) is 0 Å². The van der Waals surface area contributed by atoms with Gasteiger partial charge in [-0.25, -0.2) is 4.98 Å². The Balaban J connectivity index is 2.40. The minimum atomic E-state index is -0.359. The van der Waals surface area contributed by atoms with Gasteiger partial charge in [0.1, 0.15) is 0 Å². The minimum Gasteiger partial charge on any atom is -0.410 e. The van der Waals surface area contributed by atoms with Gasteiger partial charge in [-0.1, -0.05) is 35.5 Å². The Hall–Kier alpha value is -2.43. The molecule has 0 bridgehead atoms. The van der Waals surface area contributed by atoms with Gasteiger partial charge in [0.2, 0.25) is 5.78 Å². The Bertz CT molecular complexity index is 558. The molecular formula is C12H11N3O2. The molecule has 5 heteroatoms. The highest BCUT2D eigenvalue weighted by atomic mass is 16.4. The number of carbonyl (C=O) groups excluding carboxylic acids is 1. The second-order valence-corrected chi connectivity index (χ2v) is 3.51. The Morgan fingerprint density at radius 3 is 2.59 bits per heavy atom. The molecule has 0 spiro atoms.